The van der Waals surface area contributed by atoms with Gasteiger partial charge in [0.2, 0.25) is 0 Å². The van der Waals surface area contributed by atoms with Crippen molar-refractivity contribution in [3.63, 3.8) is 0 Å². The molecule has 2 aromatic rings. The fraction of sp³-hybridized carbons (Fsp3) is 0.227. The normalized spacial score (nSPS) is 15.0. The number of thioether (sulfide) groups is 1. The quantitative estimate of drug-likeness (QED) is 0.329. The Morgan fingerprint density at radius 1 is 1.23 bits per heavy atom. The van der Waals surface area contributed by atoms with E-state index in [0.717, 1.165) is 16.7 Å². The number of rotatable bonds is 7. The Balaban J connectivity index is 1.69. The summed E-state index contributed by atoms with van der Waals surface area (Å²) in [6.07, 6.45) is 1.75. The maximum Gasteiger partial charge on any atom is 0.344 e. The smallest absolute Gasteiger partial charge is 0.344 e. The van der Waals surface area contributed by atoms with Crippen molar-refractivity contribution in [2.75, 3.05) is 13.2 Å². The number of ether oxygens (including phenoxy) is 2. The second kappa shape index (κ2) is 10.1. The molecule has 1 aliphatic heterocycles. The Hall–Kier alpha value is -2.35. The lowest BCUT2D eigenvalue weighted by Gasteiger charge is -2.14. The largest absolute Gasteiger partial charge is 0.480 e. The number of hydrogen-bond acceptors (Lipinski definition) is 6. The summed E-state index contributed by atoms with van der Waals surface area (Å²) in [6.45, 7) is 4.25. The van der Waals surface area contributed by atoms with E-state index < -0.39 is 5.97 Å². The van der Waals surface area contributed by atoms with Crippen LogP contribution in [0.5, 0.6) is 5.75 Å². The lowest BCUT2D eigenvalue weighted by atomic mass is 10.1. The summed E-state index contributed by atoms with van der Waals surface area (Å²) in [5.41, 5.74) is 2.92. The van der Waals surface area contributed by atoms with Crippen LogP contribution in [0.25, 0.3) is 6.08 Å². The van der Waals surface area contributed by atoms with Gasteiger partial charge >= 0.3 is 5.97 Å². The monoisotopic (exact) mass is 461 g/mol. The highest BCUT2D eigenvalue weighted by atomic mass is 35.5. The number of nitrogens with zero attached hydrogens (tertiary/aromatic N) is 1. The van der Waals surface area contributed by atoms with Gasteiger partial charge in [0.25, 0.3) is 5.91 Å². The third-order valence-electron chi connectivity index (χ3n) is 4.24. The van der Waals surface area contributed by atoms with E-state index in [1.165, 1.54) is 11.8 Å². The molecule has 156 valence electrons. The number of thiocarbonyl (C=S) groups is 1. The van der Waals surface area contributed by atoms with Crippen LogP contribution in [0.1, 0.15) is 23.6 Å². The van der Waals surface area contributed by atoms with Crippen molar-refractivity contribution >= 4 is 57.9 Å². The van der Waals surface area contributed by atoms with Gasteiger partial charge in [-0.15, -0.1) is 0 Å². The van der Waals surface area contributed by atoms with Crippen molar-refractivity contribution in [1.82, 2.24) is 4.90 Å². The summed E-state index contributed by atoms with van der Waals surface area (Å²) in [5.74, 6) is -0.229. The molecule has 1 aliphatic rings. The van der Waals surface area contributed by atoms with Crippen LogP contribution in [0.2, 0.25) is 5.02 Å². The standard InChI is InChI=1S/C22H20ClNO4S2/c1-3-27-20(25)13-28-18-9-8-16(10-17(18)23)11-19-21(26)24(22(29)30-19)12-15-6-4-14(2)5-7-15/h4-11H,3,12-13H2,1-2H3/b19-11-. The number of carbonyl (C=O) groups excluding carboxylic acids is 2. The lowest BCUT2D eigenvalue weighted by molar-refractivity contribution is -0.145. The van der Waals surface area contributed by atoms with E-state index in [2.05, 4.69) is 0 Å². The van der Waals surface area contributed by atoms with Gasteiger partial charge in [-0.05, 0) is 43.2 Å². The predicted molar refractivity (Wildman–Crippen MR) is 123 cm³/mol. The van der Waals surface area contributed by atoms with Crippen LogP contribution in [0, 0.1) is 6.92 Å². The average molecular weight is 462 g/mol. The SMILES string of the molecule is CCOC(=O)COc1ccc(/C=C2\SC(=S)N(Cc3ccc(C)cc3)C2=O)cc1Cl. The first-order valence-corrected chi connectivity index (χ1v) is 10.9. The third kappa shape index (κ3) is 5.62. The van der Waals surface area contributed by atoms with Gasteiger partial charge in [-0.3, -0.25) is 9.69 Å². The van der Waals surface area contributed by atoms with Crippen LogP contribution < -0.4 is 4.74 Å². The lowest BCUT2D eigenvalue weighted by Crippen LogP contribution is -2.27. The van der Waals surface area contributed by atoms with E-state index in [-0.39, 0.29) is 19.1 Å². The van der Waals surface area contributed by atoms with E-state index in [1.807, 2.05) is 31.2 Å². The molecule has 0 radical (unpaired) electrons. The van der Waals surface area contributed by atoms with Gasteiger partial charge < -0.3 is 9.47 Å². The fourth-order valence-corrected chi connectivity index (χ4v) is 4.23. The van der Waals surface area contributed by atoms with E-state index >= 15 is 0 Å². The molecule has 3 rings (SSSR count). The molecule has 0 atom stereocenters. The second-order valence-corrected chi connectivity index (χ2v) is 8.62. The Labute approximate surface area is 190 Å². The zero-order valence-corrected chi connectivity index (χ0v) is 18.9. The zero-order valence-electron chi connectivity index (χ0n) is 16.5. The molecule has 0 spiro atoms. The van der Waals surface area contributed by atoms with E-state index in [9.17, 15) is 9.59 Å². The topological polar surface area (TPSA) is 55.8 Å². The van der Waals surface area contributed by atoms with E-state index in [4.69, 9.17) is 33.3 Å². The summed E-state index contributed by atoms with van der Waals surface area (Å²) >= 11 is 12.9. The third-order valence-corrected chi connectivity index (χ3v) is 5.91. The minimum atomic E-state index is -0.463. The van der Waals surface area contributed by atoms with Crippen LogP contribution in [0.3, 0.4) is 0 Å². The molecule has 0 saturated carbocycles. The van der Waals surface area contributed by atoms with Crippen molar-refractivity contribution in [1.29, 1.82) is 0 Å². The molecule has 1 amide bonds. The number of aryl methyl sites for hydroxylation is 1. The van der Waals surface area contributed by atoms with Gasteiger partial charge in [0.05, 0.1) is 23.1 Å². The van der Waals surface area contributed by atoms with Crippen molar-refractivity contribution < 1.29 is 19.1 Å². The molecule has 0 aromatic heterocycles. The van der Waals surface area contributed by atoms with E-state index in [1.54, 1.807) is 36.1 Å². The van der Waals surface area contributed by atoms with Crippen molar-refractivity contribution in [2.45, 2.75) is 20.4 Å². The average Bonchev–Trinajstić information content (AvgIpc) is 2.96. The predicted octanol–water partition coefficient (Wildman–Crippen LogP) is 4.99. The molecular formula is C22H20ClNO4S2. The van der Waals surface area contributed by atoms with Gasteiger partial charge in [-0.1, -0.05) is 71.5 Å². The molecule has 0 unspecified atom stereocenters. The van der Waals surface area contributed by atoms with Crippen molar-refractivity contribution in [3.8, 4) is 5.75 Å². The van der Waals surface area contributed by atoms with Gasteiger partial charge in [0.1, 0.15) is 10.1 Å². The second-order valence-electron chi connectivity index (χ2n) is 6.54. The van der Waals surface area contributed by atoms with E-state index in [0.29, 0.717) is 26.5 Å². The van der Waals surface area contributed by atoms with Gasteiger partial charge in [-0.25, -0.2) is 4.79 Å². The molecule has 0 aliphatic carbocycles. The van der Waals surface area contributed by atoms with Gasteiger partial charge in [0, 0.05) is 0 Å². The number of amides is 1. The summed E-state index contributed by atoms with van der Waals surface area (Å²) in [4.78, 5) is 26.4. The minimum Gasteiger partial charge on any atom is -0.480 e. The maximum absolute atomic E-state index is 12.8. The molecule has 5 nitrogen and oxygen atoms in total. The highest BCUT2D eigenvalue weighted by Gasteiger charge is 2.32. The fourth-order valence-electron chi connectivity index (χ4n) is 2.73. The summed E-state index contributed by atoms with van der Waals surface area (Å²) in [6, 6.07) is 13.1. The Morgan fingerprint density at radius 2 is 1.97 bits per heavy atom. The molecule has 1 saturated heterocycles. The maximum atomic E-state index is 12.8. The summed E-state index contributed by atoms with van der Waals surface area (Å²) in [7, 11) is 0. The summed E-state index contributed by atoms with van der Waals surface area (Å²) in [5, 5.41) is 0.336. The molecule has 0 bridgehead atoms. The molecule has 2 aromatic carbocycles. The molecule has 0 N–H and O–H groups in total. The first kappa shape index (κ1) is 22.3. The first-order chi connectivity index (χ1) is 14.4. The van der Waals surface area contributed by atoms with Gasteiger partial charge in [0.15, 0.2) is 6.61 Å². The van der Waals surface area contributed by atoms with Crippen LogP contribution in [-0.2, 0) is 20.9 Å². The Kier molecular flexibility index (Phi) is 7.53. The molecule has 1 fully saturated rings. The van der Waals surface area contributed by atoms with Crippen molar-refractivity contribution in [2.24, 2.45) is 0 Å². The number of halogens is 1. The Morgan fingerprint density at radius 3 is 2.63 bits per heavy atom. The highest BCUT2D eigenvalue weighted by molar-refractivity contribution is 8.26. The molecular weight excluding hydrogens is 442 g/mol. The van der Waals surface area contributed by atoms with Crippen LogP contribution >= 0.6 is 35.6 Å². The van der Waals surface area contributed by atoms with Crippen LogP contribution in [0.15, 0.2) is 47.4 Å². The molecule has 1 heterocycles. The number of carbonyl (C=O) groups is 2. The molecule has 8 heteroatoms. The summed E-state index contributed by atoms with van der Waals surface area (Å²) < 4.78 is 10.7. The minimum absolute atomic E-state index is 0.135. The number of hydrogen-bond donors (Lipinski definition) is 0. The van der Waals surface area contributed by atoms with Crippen molar-refractivity contribution in [3.05, 3.63) is 69.1 Å². The van der Waals surface area contributed by atoms with Crippen LogP contribution in [-0.4, -0.2) is 34.3 Å². The van der Waals surface area contributed by atoms with Gasteiger partial charge in [-0.2, -0.15) is 0 Å². The number of benzene rings is 2. The Bertz CT molecular complexity index is 1000. The number of esters is 1. The highest BCUT2D eigenvalue weighted by Crippen LogP contribution is 2.35. The zero-order chi connectivity index (χ0) is 21.7. The first-order valence-electron chi connectivity index (χ1n) is 9.26. The van der Waals surface area contributed by atoms with Crippen LogP contribution in [0.4, 0.5) is 0 Å². The molecule has 30 heavy (non-hydrogen) atoms.